The Kier molecular flexibility index (Phi) is 5.08. The lowest BCUT2D eigenvalue weighted by atomic mass is 10.1. The Morgan fingerprint density at radius 3 is 2.38 bits per heavy atom. The lowest BCUT2D eigenvalue weighted by Crippen LogP contribution is -2.27. The Morgan fingerprint density at radius 1 is 0.917 bits per heavy atom. The molecule has 0 radical (unpaired) electrons. The first-order valence-corrected chi connectivity index (χ1v) is 9.19. The summed E-state index contributed by atoms with van der Waals surface area (Å²) in [6.45, 7) is 1.94. The summed E-state index contributed by atoms with van der Waals surface area (Å²) in [5.41, 5.74) is 0.956. The zero-order valence-electron chi connectivity index (χ0n) is 13.0. The number of nitrogens with one attached hydrogen (secondary N) is 2. The standard InChI is InChI=1S/C18H16N2O2S2/c1-12(15-8-4-10-23-15)19-17(21)13-6-2-3-7-14(13)20-18(22)16-9-5-11-24-16/h2-12H,1H3,(H,19,21)(H,20,22)/t12-/m0/s1. The molecule has 2 aromatic heterocycles. The van der Waals surface area contributed by atoms with Gasteiger partial charge in [0.15, 0.2) is 0 Å². The molecule has 24 heavy (non-hydrogen) atoms. The first kappa shape index (κ1) is 16.4. The summed E-state index contributed by atoms with van der Waals surface area (Å²) >= 11 is 2.96. The van der Waals surface area contributed by atoms with E-state index in [0.717, 1.165) is 4.88 Å². The van der Waals surface area contributed by atoms with Gasteiger partial charge in [-0.2, -0.15) is 0 Å². The molecule has 3 rings (SSSR count). The van der Waals surface area contributed by atoms with Gasteiger partial charge in [0.2, 0.25) is 0 Å². The molecule has 0 spiro atoms. The van der Waals surface area contributed by atoms with Crippen molar-refractivity contribution in [3.05, 3.63) is 74.6 Å². The van der Waals surface area contributed by atoms with Crippen LogP contribution in [0.4, 0.5) is 5.69 Å². The van der Waals surface area contributed by atoms with Gasteiger partial charge in [-0.1, -0.05) is 24.3 Å². The third-order valence-corrected chi connectivity index (χ3v) is 5.41. The van der Waals surface area contributed by atoms with Crippen LogP contribution >= 0.6 is 22.7 Å². The maximum absolute atomic E-state index is 12.6. The van der Waals surface area contributed by atoms with Crippen molar-refractivity contribution >= 4 is 40.2 Å². The summed E-state index contributed by atoms with van der Waals surface area (Å²) in [7, 11) is 0. The first-order chi connectivity index (χ1) is 11.6. The third kappa shape index (κ3) is 3.72. The van der Waals surface area contributed by atoms with Crippen LogP contribution in [0.1, 0.15) is 37.9 Å². The molecule has 0 aliphatic carbocycles. The smallest absolute Gasteiger partial charge is 0.265 e. The third-order valence-electron chi connectivity index (χ3n) is 3.48. The van der Waals surface area contributed by atoms with Crippen molar-refractivity contribution in [2.75, 3.05) is 5.32 Å². The van der Waals surface area contributed by atoms with Gasteiger partial charge in [-0.05, 0) is 41.9 Å². The van der Waals surface area contributed by atoms with E-state index in [9.17, 15) is 9.59 Å². The molecule has 0 aliphatic rings. The number of carbonyl (C=O) groups excluding carboxylic acids is 2. The van der Waals surface area contributed by atoms with Crippen LogP contribution in [0.25, 0.3) is 0 Å². The number of benzene rings is 1. The molecule has 3 aromatic rings. The summed E-state index contributed by atoms with van der Waals surface area (Å²) in [5, 5.41) is 9.61. The number of anilines is 1. The number of hydrogen-bond acceptors (Lipinski definition) is 4. The molecule has 0 saturated heterocycles. The number of amides is 2. The van der Waals surface area contributed by atoms with E-state index in [0.29, 0.717) is 16.1 Å². The van der Waals surface area contributed by atoms with Gasteiger partial charge < -0.3 is 10.6 Å². The molecule has 2 amide bonds. The van der Waals surface area contributed by atoms with Crippen LogP contribution in [0.5, 0.6) is 0 Å². The number of thiophene rings is 2. The minimum atomic E-state index is -0.212. The Bertz CT molecular complexity index is 827. The fraction of sp³-hybridized carbons (Fsp3) is 0.111. The highest BCUT2D eigenvalue weighted by Gasteiger charge is 2.17. The summed E-state index contributed by atoms with van der Waals surface area (Å²) in [6, 6.07) is 14.4. The molecule has 1 atom stereocenters. The molecule has 0 bridgehead atoms. The topological polar surface area (TPSA) is 58.2 Å². The normalized spacial score (nSPS) is 11.7. The fourth-order valence-corrected chi connectivity index (χ4v) is 3.62. The van der Waals surface area contributed by atoms with Crippen molar-refractivity contribution in [1.82, 2.24) is 5.32 Å². The van der Waals surface area contributed by atoms with Gasteiger partial charge in [0, 0.05) is 4.88 Å². The Morgan fingerprint density at radius 2 is 1.67 bits per heavy atom. The Labute approximate surface area is 148 Å². The minimum absolute atomic E-state index is 0.0847. The van der Waals surface area contributed by atoms with Gasteiger partial charge in [0.1, 0.15) is 0 Å². The summed E-state index contributed by atoms with van der Waals surface area (Å²) in [4.78, 5) is 26.5. The zero-order valence-corrected chi connectivity index (χ0v) is 14.6. The molecule has 1 aromatic carbocycles. The molecule has 0 fully saturated rings. The second-order valence-electron chi connectivity index (χ2n) is 5.19. The van der Waals surface area contributed by atoms with Crippen LogP contribution in [-0.4, -0.2) is 11.8 Å². The number of carbonyl (C=O) groups is 2. The second-order valence-corrected chi connectivity index (χ2v) is 7.11. The van der Waals surface area contributed by atoms with Gasteiger partial charge in [-0.25, -0.2) is 0 Å². The predicted octanol–water partition coefficient (Wildman–Crippen LogP) is 4.55. The molecule has 0 aliphatic heterocycles. The molecular formula is C18H16N2O2S2. The highest BCUT2D eigenvalue weighted by atomic mass is 32.1. The Balaban J connectivity index is 1.76. The van der Waals surface area contributed by atoms with Crippen molar-refractivity contribution in [2.45, 2.75) is 13.0 Å². The molecular weight excluding hydrogens is 340 g/mol. The van der Waals surface area contributed by atoms with Crippen molar-refractivity contribution in [2.24, 2.45) is 0 Å². The van der Waals surface area contributed by atoms with E-state index in [-0.39, 0.29) is 17.9 Å². The van der Waals surface area contributed by atoms with Crippen molar-refractivity contribution < 1.29 is 9.59 Å². The molecule has 2 heterocycles. The van der Waals surface area contributed by atoms with Crippen LogP contribution in [-0.2, 0) is 0 Å². The van der Waals surface area contributed by atoms with E-state index in [1.54, 1.807) is 41.7 Å². The fourth-order valence-electron chi connectivity index (χ4n) is 2.26. The van der Waals surface area contributed by atoms with Crippen molar-refractivity contribution in [3.8, 4) is 0 Å². The monoisotopic (exact) mass is 356 g/mol. The van der Waals surface area contributed by atoms with Crippen LogP contribution in [0.3, 0.4) is 0 Å². The van der Waals surface area contributed by atoms with E-state index >= 15 is 0 Å². The minimum Gasteiger partial charge on any atom is -0.345 e. The molecule has 122 valence electrons. The lowest BCUT2D eigenvalue weighted by molar-refractivity contribution is 0.0941. The zero-order chi connectivity index (χ0) is 16.9. The van der Waals surface area contributed by atoms with Crippen LogP contribution in [0.2, 0.25) is 0 Å². The average Bonchev–Trinajstić information content (AvgIpc) is 3.28. The van der Waals surface area contributed by atoms with Gasteiger partial charge in [-0.15, -0.1) is 22.7 Å². The lowest BCUT2D eigenvalue weighted by Gasteiger charge is -2.15. The van der Waals surface area contributed by atoms with Crippen LogP contribution in [0.15, 0.2) is 59.3 Å². The highest BCUT2D eigenvalue weighted by molar-refractivity contribution is 7.12. The number of rotatable bonds is 5. The second kappa shape index (κ2) is 7.42. The maximum atomic E-state index is 12.6. The molecule has 4 nitrogen and oxygen atoms in total. The summed E-state index contributed by atoms with van der Waals surface area (Å²) in [6.07, 6.45) is 0. The van der Waals surface area contributed by atoms with Gasteiger partial charge >= 0.3 is 0 Å². The quantitative estimate of drug-likeness (QED) is 0.704. The summed E-state index contributed by atoms with van der Waals surface area (Å²) in [5.74, 6) is -0.422. The van der Waals surface area contributed by atoms with Crippen molar-refractivity contribution in [3.63, 3.8) is 0 Å². The molecule has 0 saturated carbocycles. The van der Waals surface area contributed by atoms with Crippen LogP contribution < -0.4 is 10.6 Å². The van der Waals surface area contributed by atoms with E-state index in [4.69, 9.17) is 0 Å². The van der Waals surface area contributed by atoms with E-state index < -0.39 is 0 Å². The number of hydrogen-bond donors (Lipinski definition) is 2. The summed E-state index contributed by atoms with van der Waals surface area (Å²) < 4.78 is 0. The first-order valence-electron chi connectivity index (χ1n) is 7.43. The molecule has 0 unspecified atom stereocenters. The number of para-hydroxylation sites is 1. The Hall–Kier alpha value is -2.44. The SMILES string of the molecule is C[C@H](NC(=O)c1ccccc1NC(=O)c1cccs1)c1cccs1. The molecule has 6 heteroatoms. The van der Waals surface area contributed by atoms with Crippen LogP contribution in [0, 0.1) is 0 Å². The van der Waals surface area contributed by atoms with E-state index in [1.165, 1.54) is 11.3 Å². The van der Waals surface area contributed by atoms with E-state index in [1.807, 2.05) is 35.9 Å². The maximum Gasteiger partial charge on any atom is 0.265 e. The van der Waals surface area contributed by atoms with Gasteiger partial charge in [-0.3, -0.25) is 9.59 Å². The molecule has 2 N–H and O–H groups in total. The highest BCUT2D eigenvalue weighted by Crippen LogP contribution is 2.21. The van der Waals surface area contributed by atoms with Gasteiger partial charge in [0.05, 0.1) is 22.2 Å². The predicted molar refractivity (Wildman–Crippen MR) is 98.9 cm³/mol. The van der Waals surface area contributed by atoms with Crippen molar-refractivity contribution in [1.29, 1.82) is 0 Å². The van der Waals surface area contributed by atoms with Gasteiger partial charge in [0.25, 0.3) is 11.8 Å². The average molecular weight is 356 g/mol. The largest absolute Gasteiger partial charge is 0.345 e. The van der Waals surface area contributed by atoms with E-state index in [2.05, 4.69) is 10.6 Å².